The standard InChI is InChI=1S/C27H28N2O3S/c30-24(29-14-5-1-2-6-15-29)18-32-27(31)25-21-11-3-4-13-23(21)28-26-19(9-7-12-22(25)26)17-20-10-8-16-33-20/h3-4,8,10-11,13,16-17H,1-2,5-7,9,12,14-15,18H2. The Labute approximate surface area is 198 Å². The second-order valence-electron chi connectivity index (χ2n) is 8.74. The maximum atomic E-state index is 13.4. The number of thiophene rings is 1. The van der Waals surface area contributed by atoms with Crippen LogP contribution < -0.4 is 0 Å². The lowest BCUT2D eigenvalue weighted by Gasteiger charge is -2.23. The highest BCUT2D eigenvalue weighted by Crippen LogP contribution is 2.36. The Morgan fingerprint density at radius 2 is 1.82 bits per heavy atom. The number of aromatic nitrogens is 1. The van der Waals surface area contributed by atoms with E-state index < -0.39 is 5.97 Å². The number of amides is 1. The van der Waals surface area contributed by atoms with Gasteiger partial charge in [0.2, 0.25) is 0 Å². The molecule has 0 N–H and O–H groups in total. The van der Waals surface area contributed by atoms with Crippen LogP contribution in [0.5, 0.6) is 0 Å². The average molecular weight is 461 g/mol. The van der Waals surface area contributed by atoms with Gasteiger partial charge >= 0.3 is 5.97 Å². The number of ether oxygens (including phenoxy) is 1. The minimum absolute atomic E-state index is 0.101. The number of benzene rings is 1. The zero-order valence-corrected chi connectivity index (χ0v) is 19.5. The summed E-state index contributed by atoms with van der Waals surface area (Å²) in [5.74, 6) is -0.527. The molecule has 1 fully saturated rings. The molecule has 1 aromatic carbocycles. The molecule has 3 heterocycles. The van der Waals surface area contributed by atoms with Crippen LogP contribution in [0.3, 0.4) is 0 Å². The second-order valence-corrected chi connectivity index (χ2v) is 9.72. The van der Waals surface area contributed by atoms with Crippen molar-refractivity contribution in [2.24, 2.45) is 0 Å². The molecular formula is C27H28N2O3S. The van der Waals surface area contributed by atoms with E-state index in [1.807, 2.05) is 35.2 Å². The van der Waals surface area contributed by atoms with Crippen LogP contribution in [0.15, 0.2) is 41.8 Å². The number of nitrogens with zero attached hydrogens (tertiary/aromatic N) is 2. The fourth-order valence-electron chi connectivity index (χ4n) is 4.86. The molecule has 1 aliphatic heterocycles. The lowest BCUT2D eigenvalue weighted by atomic mass is 9.86. The van der Waals surface area contributed by atoms with E-state index >= 15 is 0 Å². The van der Waals surface area contributed by atoms with E-state index in [1.54, 1.807) is 11.3 Å². The van der Waals surface area contributed by atoms with Gasteiger partial charge < -0.3 is 9.64 Å². The summed E-state index contributed by atoms with van der Waals surface area (Å²) in [6.45, 7) is 1.30. The van der Waals surface area contributed by atoms with Gasteiger partial charge in [0, 0.05) is 23.4 Å². The molecule has 3 aromatic rings. The van der Waals surface area contributed by atoms with Gasteiger partial charge in [0.25, 0.3) is 5.91 Å². The Kier molecular flexibility index (Phi) is 6.53. The summed E-state index contributed by atoms with van der Waals surface area (Å²) in [5.41, 5.74) is 4.32. The van der Waals surface area contributed by atoms with E-state index in [2.05, 4.69) is 17.5 Å². The summed E-state index contributed by atoms with van der Waals surface area (Å²) in [7, 11) is 0. The van der Waals surface area contributed by atoms with Crippen molar-refractivity contribution in [1.82, 2.24) is 9.88 Å². The molecule has 0 spiro atoms. The molecule has 2 aliphatic rings. The molecular weight excluding hydrogens is 432 g/mol. The van der Waals surface area contributed by atoms with Crippen LogP contribution >= 0.6 is 11.3 Å². The van der Waals surface area contributed by atoms with Crippen LogP contribution in [0.2, 0.25) is 0 Å². The van der Waals surface area contributed by atoms with Gasteiger partial charge in [-0.25, -0.2) is 9.78 Å². The first-order valence-corrected chi connectivity index (χ1v) is 12.7. The highest BCUT2D eigenvalue weighted by Gasteiger charge is 2.27. The number of para-hydroxylation sites is 1. The van der Waals surface area contributed by atoms with E-state index in [9.17, 15) is 9.59 Å². The van der Waals surface area contributed by atoms with Gasteiger partial charge in [-0.1, -0.05) is 37.1 Å². The Morgan fingerprint density at radius 3 is 2.61 bits per heavy atom. The largest absolute Gasteiger partial charge is 0.452 e. The monoisotopic (exact) mass is 460 g/mol. The number of esters is 1. The fourth-order valence-corrected chi connectivity index (χ4v) is 5.55. The summed E-state index contributed by atoms with van der Waals surface area (Å²) in [6.07, 6.45) is 9.18. The molecule has 1 aliphatic carbocycles. The minimum Gasteiger partial charge on any atom is -0.452 e. The molecule has 6 heteroatoms. The molecule has 33 heavy (non-hydrogen) atoms. The molecule has 0 unspecified atom stereocenters. The molecule has 1 saturated heterocycles. The van der Waals surface area contributed by atoms with Crippen molar-refractivity contribution < 1.29 is 14.3 Å². The number of rotatable bonds is 4. The van der Waals surface area contributed by atoms with E-state index in [0.717, 1.165) is 85.8 Å². The minimum atomic E-state index is -0.426. The first-order valence-electron chi connectivity index (χ1n) is 11.8. The zero-order chi connectivity index (χ0) is 22.6. The van der Waals surface area contributed by atoms with E-state index in [4.69, 9.17) is 9.72 Å². The Morgan fingerprint density at radius 1 is 1.00 bits per heavy atom. The van der Waals surface area contributed by atoms with Crippen LogP contribution in [-0.2, 0) is 16.0 Å². The Hall–Kier alpha value is -2.99. The molecule has 0 atom stereocenters. The third-order valence-corrected chi connectivity index (χ3v) is 7.34. The van der Waals surface area contributed by atoms with E-state index in [-0.39, 0.29) is 12.5 Å². The lowest BCUT2D eigenvalue weighted by Crippen LogP contribution is -2.35. The van der Waals surface area contributed by atoms with Gasteiger partial charge in [0.05, 0.1) is 16.8 Å². The summed E-state index contributed by atoms with van der Waals surface area (Å²) in [4.78, 5) is 34.0. The number of hydrogen-bond donors (Lipinski definition) is 0. The lowest BCUT2D eigenvalue weighted by molar-refractivity contribution is -0.134. The van der Waals surface area contributed by atoms with E-state index in [0.29, 0.717) is 5.56 Å². The quantitative estimate of drug-likeness (QED) is 0.466. The zero-order valence-electron chi connectivity index (χ0n) is 18.7. The van der Waals surface area contributed by atoms with Gasteiger partial charge in [0.1, 0.15) is 0 Å². The third kappa shape index (κ3) is 4.71. The second kappa shape index (κ2) is 9.87. The fraction of sp³-hybridized carbons (Fsp3) is 0.370. The van der Waals surface area contributed by atoms with Crippen LogP contribution in [0, 0.1) is 0 Å². The number of likely N-dealkylation sites (tertiary alicyclic amines) is 1. The maximum absolute atomic E-state index is 13.4. The first kappa shape index (κ1) is 21.8. The van der Waals surface area contributed by atoms with Crippen molar-refractivity contribution >= 4 is 45.8 Å². The van der Waals surface area contributed by atoms with Gasteiger partial charge in [-0.15, -0.1) is 11.3 Å². The number of hydrogen-bond acceptors (Lipinski definition) is 5. The average Bonchev–Trinajstić information content (AvgIpc) is 3.20. The van der Waals surface area contributed by atoms with Gasteiger partial charge in [-0.3, -0.25) is 4.79 Å². The summed E-state index contributed by atoms with van der Waals surface area (Å²) >= 11 is 1.69. The van der Waals surface area contributed by atoms with Crippen LogP contribution in [0.4, 0.5) is 0 Å². The van der Waals surface area contributed by atoms with Gasteiger partial charge in [0.15, 0.2) is 6.61 Å². The summed E-state index contributed by atoms with van der Waals surface area (Å²) < 4.78 is 5.62. The third-order valence-electron chi connectivity index (χ3n) is 6.52. The molecule has 1 amide bonds. The van der Waals surface area contributed by atoms with Crippen molar-refractivity contribution in [1.29, 1.82) is 0 Å². The summed E-state index contributed by atoms with van der Waals surface area (Å²) in [6, 6.07) is 11.8. The highest BCUT2D eigenvalue weighted by molar-refractivity contribution is 7.10. The van der Waals surface area contributed by atoms with Crippen molar-refractivity contribution in [3.63, 3.8) is 0 Å². The van der Waals surface area contributed by atoms with E-state index in [1.165, 1.54) is 4.88 Å². The van der Waals surface area contributed by atoms with Crippen molar-refractivity contribution in [3.05, 3.63) is 63.5 Å². The highest BCUT2D eigenvalue weighted by atomic mass is 32.1. The predicted octanol–water partition coefficient (Wildman–Crippen LogP) is 5.73. The summed E-state index contributed by atoms with van der Waals surface area (Å²) in [5, 5.41) is 2.86. The molecule has 0 radical (unpaired) electrons. The number of allylic oxidation sites excluding steroid dienone is 1. The SMILES string of the molecule is O=C(OCC(=O)N1CCCCCC1)c1c2c(nc3ccccc13)C(=Cc1cccs1)CCC2. The molecule has 0 bridgehead atoms. The molecule has 170 valence electrons. The number of carbonyl (C=O) groups excluding carboxylic acids is 2. The topological polar surface area (TPSA) is 59.5 Å². The molecule has 0 saturated carbocycles. The first-order chi connectivity index (χ1) is 16.2. The van der Waals surface area contributed by atoms with Crippen molar-refractivity contribution in [2.45, 2.75) is 44.9 Å². The normalized spacial score (nSPS) is 17.6. The van der Waals surface area contributed by atoms with Crippen LogP contribution in [0.25, 0.3) is 22.6 Å². The smallest absolute Gasteiger partial charge is 0.339 e. The van der Waals surface area contributed by atoms with Crippen molar-refractivity contribution in [3.8, 4) is 0 Å². The van der Waals surface area contributed by atoms with Crippen LogP contribution in [-0.4, -0.2) is 41.5 Å². The molecule has 2 aromatic heterocycles. The molecule has 5 nitrogen and oxygen atoms in total. The van der Waals surface area contributed by atoms with Crippen LogP contribution in [0.1, 0.15) is 65.0 Å². The molecule has 5 rings (SSSR count). The van der Waals surface area contributed by atoms with Gasteiger partial charge in [-0.05, 0) is 66.8 Å². The number of fused-ring (bicyclic) bond motifs is 2. The Balaban J connectivity index is 1.47. The number of pyridine rings is 1. The van der Waals surface area contributed by atoms with Gasteiger partial charge in [-0.2, -0.15) is 0 Å². The maximum Gasteiger partial charge on any atom is 0.339 e. The number of carbonyl (C=O) groups is 2. The Bertz CT molecular complexity index is 1190. The predicted molar refractivity (Wildman–Crippen MR) is 132 cm³/mol. The van der Waals surface area contributed by atoms with Crippen molar-refractivity contribution in [2.75, 3.05) is 19.7 Å².